The highest BCUT2D eigenvalue weighted by Gasteiger charge is 2.17. The predicted octanol–water partition coefficient (Wildman–Crippen LogP) is 1.84. The maximum absolute atomic E-state index is 12.5. The number of aromatic nitrogens is 6. The van der Waals surface area contributed by atoms with Gasteiger partial charge in [0.15, 0.2) is 0 Å². The maximum atomic E-state index is 12.5. The Morgan fingerprint density at radius 3 is 2.75 bits per heavy atom. The monoisotopic (exact) mass is 391 g/mol. The summed E-state index contributed by atoms with van der Waals surface area (Å²) in [6, 6.07) is 3.55. The van der Waals surface area contributed by atoms with E-state index in [0.717, 1.165) is 16.7 Å². The minimum absolute atomic E-state index is 0.146. The zero-order valence-electron chi connectivity index (χ0n) is 13.5. The van der Waals surface area contributed by atoms with E-state index in [-0.39, 0.29) is 5.91 Å². The second-order valence-electron chi connectivity index (χ2n) is 5.37. The third-order valence-electron chi connectivity index (χ3n) is 3.55. The number of rotatable bonds is 6. The molecular weight excluding hydrogens is 374 g/mol. The first-order valence-corrected chi connectivity index (χ1v) is 8.34. The van der Waals surface area contributed by atoms with Crippen molar-refractivity contribution in [2.45, 2.75) is 26.7 Å². The largest absolute Gasteiger partial charge is 0.334 e. The summed E-state index contributed by atoms with van der Waals surface area (Å²) in [5, 5.41) is 12.9. The Morgan fingerprint density at radius 1 is 1.25 bits per heavy atom. The van der Waals surface area contributed by atoms with Crippen LogP contribution in [0.1, 0.15) is 23.1 Å². The molecule has 3 heterocycles. The maximum Gasteiger partial charge on any atom is 0.274 e. The molecule has 0 radical (unpaired) electrons. The Morgan fingerprint density at radius 2 is 2.08 bits per heavy atom. The summed E-state index contributed by atoms with van der Waals surface area (Å²) in [4.78, 5) is 14.1. The van der Waals surface area contributed by atoms with Gasteiger partial charge in [-0.25, -0.2) is 0 Å². The van der Waals surface area contributed by atoms with Gasteiger partial charge in [-0.3, -0.25) is 18.8 Å². The van der Waals surface area contributed by atoms with Crippen LogP contribution < -0.4 is 0 Å². The van der Waals surface area contributed by atoms with Gasteiger partial charge >= 0.3 is 0 Å². The van der Waals surface area contributed by atoms with Crippen molar-refractivity contribution in [1.82, 2.24) is 34.2 Å². The highest BCUT2D eigenvalue weighted by Crippen LogP contribution is 2.17. The summed E-state index contributed by atoms with van der Waals surface area (Å²) in [5.74, 6) is -0.146. The Hall–Kier alpha value is -2.42. The average molecular weight is 392 g/mol. The van der Waals surface area contributed by atoms with Gasteiger partial charge in [0, 0.05) is 38.4 Å². The first kappa shape index (κ1) is 16.4. The van der Waals surface area contributed by atoms with E-state index in [1.54, 1.807) is 39.8 Å². The van der Waals surface area contributed by atoms with Gasteiger partial charge in [0.1, 0.15) is 12.4 Å². The van der Waals surface area contributed by atoms with Crippen molar-refractivity contribution in [2.75, 3.05) is 7.05 Å². The number of carbonyl (C=O) groups excluding carboxylic acids is 1. The standard InChI is InChI=1S/C15H18BrN7O/c1-3-21-9-12(16)14(19-21)10-20(2)15(24)13-5-8-23(18-13)11-22-7-4-6-17-22/h4-9H,3,10-11H2,1-2H3. The number of carbonyl (C=O) groups is 1. The second kappa shape index (κ2) is 7.00. The third kappa shape index (κ3) is 3.56. The van der Waals surface area contributed by atoms with Crippen LogP contribution in [-0.4, -0.2) is 47.2 Å². The van der Waals surface area contributed by atoms with Crippen LogP contribution >= 0.6 is 15.9 Å². The van der Waals surface area contributed by atoms with E-state index >= 15 is 0 Å². The van der Waals surface area contributed by atoms with Crippen molar-refractivity contribution in [1.29, 1.82) is 0 Å². The van der Waals surface area contributed by atoms with Crippen molar-refractivity contribution < 1.29 is 4.79 Å². The lowest BCUT2D eigenvalue weighted by atomic mass is 10.3. The fourth-order valence-corrected chi connectivity index (χ4v) is 2.73. The topological polar surface area (TPSA) is 73.8 Å². The molecule has 0 atom stereocenters. The molecule has 0 aliphatic carbocycles. The van der Waals surface area contributed by atoms with Crippen molar-refractivity contribution in [3.8, 4) is 0 Å². The molecule has 0 aliphatic heterocycles. The summed E-state index contributed by atoms with van der Waals surface area (Å²) in [7, 11) is 1.74. The predicted molar refractivity (Wildman–Crippen MR) is 91.3 cm³/mol. The zero-order valence-corrected chi connectivity index (χ0v) is 15.1. The Labute approximate surface area is 147 Å². The fraction of sp³-hybridized carbons (Fsp3) is 0.333. The number of halogens is 1. The van der Waals surface area contributed by atoms with Gasteiger partial charge in [0.2, 0.25) is 0 Å². The number of hydrogen-bond acceptors (Lipinski definition) is 4. The zero-order chi connectivity index (χ0) is 17.1. The summed E-state index contributed by atoms with van der Waals surface area (Å²) >= 11 is 3.48. The highest BCUT2D eigenvalue weighted by molar-refractivity contribution is 9.10. The molecular formula is C15H18BrN7O. The summed E-state index contributed by atoms with van der Waals surface area (Å²) < 4.78 is 6.14. The van der Waals surface area contributed by atoms with Crippen LogP contribution in [0.25, 0.3) is 0 Å². The molecule has 126 valence electrons. The summed E-state index contributed by atoms with van der Waals surface area (Å²) in [5.41, 5.74) is 1.22. The minimum atomic E-state index is -0.146. The minimum Gasteiger partial charge on any atom is -0.334 e. The summed E-state index contributed by atoms with van der Waals surface area (Å²) in [6.07, 6.45) is 7.23. The van der Waals surface area contributed by atoms with Crippen LogP contribution in [0.4, 0.5) is 0 Å². The number of hydrogen-bond donors (Lipinski definition) is 0. The number of nitrogens with zero attached hydrogens (tertiary/aromatic N) is 7. The smallest absolute Gasteiger partial charge is 0.274 e. The average Bonchev–Trinajstić information content (AvgIpc) is 3.30. The molecule has 9 heteroatoms. The molecule has 0 saturated carbocycles. The van der Waals surface area contributed by atoms with Crippen LogP contribution in [0, 0.1) is 0 Å². The Balaban J connectivity index is 1.67. The van der Waals surface area contributed by atoms with E-state index < -0.39 is 0 Å². The molecule has 0 aromatic carbocycles. The molecule has 0 saturated heterocycles. The molecule has 3 aromatic rings. The van der Waals surface area contributed by atoms with Gasteiger partial charge in [0.05, 0.1) is 16.7 Å². The van der Waals surface area contributed by atoms with E-state index in [2.05, 4.69) is 31.2 Å². The van der Waals surface area contributed by atoms with Gasteiger partial charge in [-0.15, -0.1) is 0 Å². The molecule has 3 rings (SSSR count). The van der Waals surface area contributed by atoms with E-state index in [9.17, 15) is 4.79 Å². The van der Waals surface area contributed by atoms with Gasteiger partial charge in [0.25, 0.3) is 5.91 Å². The van der Waals surface area contributed by atoms with Gasteiger partial charge in [-0.05, 0) is 35.0 Å². The summed E-state index contributed by atoms with van der Waals surface area (Å²) in [6.45, 7) is 3.69. The van der Waals surface area contributed by atoms with Crippen LogP contribution in [0.3, 0.4) is 0 Å². The number of amides is 1. The molecule has 3 aromatic heterocycles. The lowest BCUT2D eigenvalue weighted by molar-refractivity contribution is 0.0776. The first-order valence-electron chi connectivity index (χ1n) is 7.55. The SMILES string of the molecule is CCn1cc(Br)c(CN(C)C(=O)c2ccn(Cn3cccn3)n2)n1. The van der Waals surface area contributed by atoms with Gasteiger partial charge < -0.3 is 4.90 Å². The molecule has 1 amide bonds. The number of aryl methyl sites for hydroxylation is 1. The lowest BCUT2D eigenvalue weighted by Crippen LogP contribution is -2.27. The van der Waals surface area contributed by atoms with Gasteiger partial charge in [-0.1, -0.05) is 0 Å². The van der Waals surface area contributed by atoms with E-state index in [1.165, 1.54) is 0 Å². The molecule has 0 aliphatic rings. The van der Waals surface area contributed by atoms with E-state index in [4.69, 9.17) is 0 Å². The molecule has 0 spiro atoms. The van der Waals surface area contributed by atoms with Crippen molar-refractivity contribution in [2.24, 2.45) is 0 Å². The van der Waals surface area contributed by atoms with Gasteiger partial charge in [-0.2, -0.15) is 15.3 Å². The Kier molecular flexibility index (Phi) is 4.79. The Bertz CT molecular complexity index is 821. The molecule has 0 bridgehead atoms. The second-order valence-corrected chi connectivity index (χ2v) is 6.22. The molecule has 24 heavy (non-hydrogen) atoms. The molecule has 0 unspecified atom stereocenters. The van der Waals surface area contributed by atoms with Crippen LogP contribution in [-0.2, 0) is 19.8 Å². The van der Waals surface area contributed by atoms with E-state index in [0.29, 0.717) is 18.9 Å². The fourth-order valence-electron chi connectivity index (χ4n) is 2.29. The first-order chi connectivity index (χ1) is 11.6. The highest BCUT2D eigenvalue weighted by atomic mass is 79.9. The molecule has 8 nitrogen and oxygen atoms in total. The molecule has 0 N–H and O–H groups in total. The van der Waals surface area contributed by atoms with E-state index in [1.807, 2.05) is 30.1 Å². The van der Waals surface area contributed by atoms with Crippen LogP contribution in [0.5, 0.6) is 0 Å². The van der Waals surface area contributed by atoms with Crippen molar-refractivity contribution >= 4 is 21.8 Å². The molecule has 0 fully saturated rings. The van der Waals surface area contributed by atoms with Crippen LogP contribution in [0.2, 0.25) is 0 Å². The quantitative estimate of drug-likeness (QED) is 0.642. The lowest BCUT2D eigenvalue weighted by Gasteiger charge is -2.14. The van der Waals surface area contributed by atoms with Crippen molar-refractivity contribution in [3.05, 3.63) is 52.8 Å². The van der Waals surface area contributed by atoms with Crippen LogP contribution in [0.15, 0.2) is 41.4 Å². The normalized spacial score (nSPS) is 11.0. The third-order valence-corrected chi connectivity index (χ3v) is 4.22. The van der Waals surface area contributed by atoms with Crippen molar-refractivity contribution in [3.63, 3.8) is 0 Å².